The van der Waals surface area contributed by atoms with E-state index < -0.39 is 12.0 Å². The summed E-state index contributed by atoms with van der Waals surface area (Å²) in [4.78, 5) is 32.1. The first-order valence-electron chi connectivity index (χ1n) is 12.1. The van der Waals surface area contributed by atoms with E-state index in [-0.39, 0.29) is 18.3 Å². The molecule has 0 N–H and O–H groups in total. The molecule has 0 amide bonds. The van der Waals surface area contributed by atoms with Gasteiger partial charge in [0.15, 0.2) is 4.80 Å². The summed E-state index contributed by atoms with van der Waals surface area (Å²) in [5.41, 5.74) is 2.09. The monoisotopic (exact) mass is 518 g/mol. The molecule has 0 radical (unpaired) electrons. The summed E-state index contributed by atoms with van der Waals surface area (Å²) in [6, 6.07) is 14.2. The van der Waals surface area contributed by atoms with Crippen molar-refractivity contribution in [3.8, 4) is 11.5 Å². The third-order valence-corrected chi connectivity index (χ3v) is 6.60. The van der Waals surface area contributed by atoms with Crippen molar-refractivity contribution in [3.63, 3.8) is 0 Å². The smallest absolute Gasteiger partial charge is 0.338 e. The Hall–Kier alpha value is -3.91. The number of benzene rings is 2. The zero-order chi connectivity index (χ0) is 26.5. The van der Waals surface area contributed by atoms with Gasteiger partial charge < -0.3 is 14.2 Å². The highest BCUT2D eigenvalue weighted by atomic mass is 32.1. The number of thiazole rings is 1. The molecule has 2 aromatic carbocycles. The predicted octanol–water partition coefficient (Wildman–Crippen LogP) is 4.15. The van der Waals surface area contributed by atoms with Crippen LogP contribution < -0.4 is 24.4 Å². The molecule has 0 bridgehead atoms. The number of fused-ring (bicyclic) bond motifs is 1. The fourth-order valence-electron chi connectivity index (χ4n) is 4.15. The predicted molar refractivity (Wildman–Crippen MR) is 145 cm³/mol. The Morgan fingerprint density at radius 1 is 1.22 bits per heavy atom. The topological polar surface area (TPSA) is 79.1 Å². The number of ether oxygens (including phenoxy) is 3. The Labute approximate surface area is 219 Å². The molecular formula is C29H30N2O5S. The van der Waals surface area contributed by atoms with E-state index in [0.717, 1.165) is 5.56 Å². The lowest BCUT2D eigenvalue weighted by Gasteiger charge is -2.26. The van der Waals surface area contributed by atoms with Gasteiger partial charge >= 0.3 is 5.97 Å². The second kappa shape index (κ2) is 11.4. The number of hydrogen-bond donors (Lipinski definition) is 0. The van der Waals surface area contributed by atoms with Crippen LogP contribution in [0.3, 0.4) is 0 Å². The number of para-hydroxylation sites is 1. The maximum Gasteiger partial charge on any atom is 0.338 e. The second-order valence-electron chi connectivity index (χ2n) is 8.68. The highest BCUT2D eigenvalue weighted by Gasteiger charge is 2.35. The molecule has 37 heavy (non-hydrogen) atoms. The van der Waals surface area contributed by atoms with Gasteiger partial charge in [0.1, 0.15) is 24.1 Å². The highest BCUT2D eigenvalue weighted by molar-refractivity contribution is 7.07. The zero-order valence-corrected chi connectivity index (χ0v) is 22.2. The molecule has 1 aromatic heterocycles. The number of allylic oxidation sites excluding steroid dienone is 1. The van der Waals surface area contributed by atoms with E-state index in [0.29, 0.717) is 44.3 Å². The largest absolute Gasteiger partial charge is 0.491 e. The first-order valence-corrected chi connectivity index (χ1v) is 12.9. The number of carbonyl (C=O) groups excluding carboxylic acids is 1. The molecule has 1 aliphatic rings. The molecule has 1 atom stereocenters. The minimum Gasteiger partial charge on any atom is -0.491 e. The fraction of sp³-hybridized carbons (Fsp3) is 0.276. The van der Waals surface area contributed by atoms with Gasteiger partial charge in [-0.05, 0) is 57.5 Å². The van der Waals surface area contributed by atoms with Crippen molar-refractivity contribution >= 4 is 23.4 Å². The lowest BCUT2D eigenvalue weighted by molar-refractivity contribution is -0.139. The molecule has 0 aliphatic carbocycles. The minimum absolute atomic E-state index is 0.0938. The normalized spacial score (nSPS) is 15.3. The van der Waals surface area contributed by atoms with Crippen molar-refractivity contribution in [2.45, 2.75) is 39.8 Å². The molecule has 7 nitrogen and oxygen atoms in total. The molecule has 192 valence electrons. The first kappa shape index (κ1) is 26.2. The minimum atomic E-state index is -0.741. The Balaban J connectivity index is 1.92. The van der Waals surface area contributed by atoms with E-state index in [1.165, 1.54) is 11.3 Å². The Bertz CT molecular complexity index is 1530. The van der Waals surface area contributed by atoms with Gasteiger partial charge in [-0.2, -0.15) is 0 Å². The number of esters is 1. The average Bonchev–Trinajstić information content (AvgIpc) is 3.16. The first-order chi connectivity index (χ1) is 17.8. The molecule has 0 unspecified atom stereocenters. The molecule has 8 heteroatoms. The van der Waals surface area contributed by atoms with Gasteiger partial charge in [0.2, 0.25) is 0 Å². The van der Waals surface area contributed by atoms with Gasteiger partial charge in [-0.3, -0.25) is 9.36 Å². The van der Waals surface area contributed by atoms with Crippen molar-refractivity contribution in [2.24, 2.45) is 4.99 Å². The van der Waals surface area contributed by atoms with Crippen LogP contribution in [0, 0.1) is 0 Å². The van der Waals surface area contributed by atoms with Crippen molar-refractivity contribution < 1.29 is 19.0 Å². The van der Waals surface area contributed by atoms with E-state index >= 15 is 0 Å². The van der Waals surface area contributed by atoms with Crippen LogP contribution in [-0.4, -0.2) is 29.9 Å². The highest BCUT2D eigenvalue weighted by Crippen LogP contribution is 2.36. The molecule has 0 fully saturated rings. The van der Waals surface area contributed by atoms with Gasteiger partial charge in [-0.15, -0.1) is 0 Å². The van der Waals surface area contributed by atoms with Crippen LogP contribution in [0.4, 0.5) is 0 Å². The lowest BCUT2D eigenvalue weighted by Crippen LogP contribution is -2.40. The third-order valence-electron chi connectivity index (χ3n) is 5.62. The summed E-state index contributed by atoms with van der Waals surface area (Å²) in [6.45, 7) is 11.7. The molecule has 3 aromatic rings. The standard InChI is InChI=1S/C29H30N2O5S/c1-6-15-35-21-12-10-11-20(16-21)17-24-27(32)31-26(22-13-8-9-14-23(22)36-18(3)4)25(28(33)34-7-2)19(5)30-29(31)37-24/h6,8-14,16-18,26H,1,7,15H2,2-5H3/b24-17-/t26-/m0/s1. The SMILES string of the molecule is C=CCOc1cccc(/C=c2\sc3n(c2=O)[C@@H](c2ccccc2OC(C)C)C(C(=O)OCC)=C(C)N=3)c1. The third kappa shape index (κ3) is 5.59. The van der Waals surface area contributed by atoms with Crippen LogP contribution in [-0.2, 0) is 9.53 Å². The van der Waals surface area contributed by atoms with Gasteiger partial charge in [0.05, 0.1) is 28.5 Å². The lowest BCUT2D eigenvalue weighted by atomic mass is 9.95. The van der Waals surface area contributed by atoms with Gasteiger partial charge in [-0.25, -0.2) is 9.79 Å². The molecule has 2 heterocycles. The molecule has 4 rings (SSSR count). The summed E-state index contributed by atoms with van der Waals surface area (Å²) in [5, 5.41) is 0. The van der Waals surface area contributed by atoms with Crippen LogP contribution in [0.2, 0.25) is 0 Å². The summed E-state index contributed by atoms with van der Waals surface area (Å²) in [6.07, 6.45) is 3.39. The van der Waals surface area contributed by atoms with Crippen LogP contribution in [0.25, 0.3) is 6.08 Å². The molecule has 0 spiro atoms. The number of carbonyl (C=O) groups is 1. The second-order valence-corrected chi connectivity index (χ2v) is 9.69. The van der Waals surface area contributed by atoms with Crippen LogP contribution in [0.15, 0.2) is 82.2 Å². The molecule has 0 saturated carbocycles. The average molecular weight is 519 g/mol. The maximum atomic E-state index is 13.8. The number of hydrogen-bond acceptors (Lipinski definition) is 7. The van der Waals surface area contributed by atoms with Crippen LogP contribution >= 0.6 is 11.3 Å². The number of nitrogens with zero attached hydrogens (tertiary/aromatic N) is 2. The molecule has 1 aliphatic heterocycles. The summed E-state index contributed by atoms with van der Waals surface area (Å²) < 4.78 is 19.2. The van der Waals surface area contributed by atoms with E-state index in [2.05, 4.69) is 11.6 Å². The Morgan fingerprint density at radius 2 is 2.00 bits per heavy atom. The Kier molecular flexibility index (Phi) is 8.08. The molecule has 0 saturated heterocycles. The van der Waals surface area contributed by atoms with E-state index in [1.807, 2.05) is 68.5 Å². The van der Waals surface area contributed by atoms with Gasteiger partial charge in [0, 0.05) is 5.56 Å². The van der Waals surface area contributed by atoms with Crippen LogP contribution in [0.1, 0.15) is 44.9 Å². The van der Waals surface area contributed by atoms with Crippen LogP contribution in [0.5, 0.6) is 11.5 Å². The fourth-order valence-corrected chi connectivity index (χ4v) is 5.20. The summed E-state index contributed by atoms with van der Waals surface area (Å²) in [5.74, 6) is 0.773. The summed E-state index contributed by atoms with van der Waals surface area (Å²) in [7, 11) is 0. The van der Waals surface area contributed by atoms with E-state index in [1.54, 1.807) is 24.5 Å². The van der Waals surface area contributed by atoms with Crippen molar-refractivity contribution in [1.82, 2.24) is 4.57 Å². The zero-order valence-electron chi connectivity index (χ0n) is 21.4. The Morgan fingerprint density at radius 3 is 2.73 bits per heavy atom. The van der Waals surface area contributed by atoms with Gasteiger partial charge in [0.25, 0.3) is 5.56 Å². The quantitative estimate of drug-likeness (QED) is 0.314. The van der Waals surface area contributed by atoms with E-state index in [9.17, 15) is 9.59 Å². The molecular weight excluding hydrogens is 488 g/mol. The van der Waals surface area contributed by atoms with Crippen molar-refractivity contribution in [1.29, 1.82) is 0 Å². The van der Waals surface area contributed by atoms with Crippen molar-refractivity contribution in [2.75, 3.05) is 13.2 Å². The van der Waals surface area contributed by atoms with Crippen molar-refractivity contribution in [3.05, 3.63) is 103 Å². The number of aromatic nitrogens is 1. The van der Waals surface area contributed by atoms with E-state index in [4.69, 9.17) is 14.2 Å². The van der Waals surface area contributed by atoms with Gasteiger partial charge in [-0.1, -0.05) is 54.3 Å². The number of rotatable bonds is 9. The summed E-state index contributed by atoms with van der Waals surface area (Å²) >= 11 is 1.27. The maximum absolute atomic E-state index is 13.8.